The van der Waals surface area contributed by atoms with E-state index in [1.165, 1.54) is 32.2 Å². The van der Waals surface area contributed by atoms with Crippen molar-refractivity contribution in [1.29, 1.82) is 5.26 Å². The van der Waals surface area contributed by atoms with E-state index in [0.717, 1.165) is 12.3 Å². The Bertz CT molecular complexity index is 302. The largest absolute Gasteiger partial charge is 0.303 e. The Kier molecular flexibility index (Phi) is 6.29. The highest BCUT2D eigenvalue weighted by atomic mass is 15.1. The lowest BCUT2D eigenvalue weighted by atomic mass is 9.93. The first-order valence-corrected chi connectivity index (χ1v) is 7.75. The van der Waals surface area contributed by atoms with Crippen LogP contribution in [0.4, 0.5) is 0 Å². The molecule has 1 fully saturated rings. The Morgan fingerprint density at radius 2 is 1.89 bits per heavy atom. The SMILES string of the molecule is CC(C)NC(C)(C#N)CC(C)N(C)CC1CCCC1. The Hall–Kier alpha value is -0.590. The van der Waals surface area contributed by atoms with E-state index >= 15 is 0 Å². The standard InChI is InChI=1S/C16H31N3/c1-13(2)18-16(4,12-17)10-14(3)19(5)11-15-8-6-7-9-15/h13-15,18H,6-11H2,1-5H3. The molecule has 3 heteroatoms. The molecular weight excluding hydrogens is 234 g/mol. The van der Waals surface area contributed by atoms with Crippen molar-refractivity contribution in [3.05, 3.63) is 0 Å². The van der Waals surface area contributed by atoms with Crippen molar-refractivity contribution in [2.45, 2.75) is 77.4 Å². The van der Waals surface area contributed by atoms with Crippen LogP contribution in [-0.2, 0) is 0 Å². The predicted octanol–water partition coefficient (Wildman–Crippen LogP) is 3.17. The summed E-state index contributed by atoms with van der Waals surface area (Å²) >= 11 is 0. The summed E-state index contributed by atoms with van der Waals surface area (Å²) in [7, 11) is 2.20. The maximum atomic E-state index is 9.42. The van der Waals surface area contributed by atoms with Gasteiger partial charge in [-0.15, -0.1) is 0 Å². The van der Waals surface area contributed by atoms with Crippen LogP contribution in [0.15, 0.2) is 0 Å². The topological polar surface area (TPSA) is 39.1 Å². The second kappa shape index (κ2) is 7.26. The van der Waals surface area contributed by atoms with Gasteiger partial charge in [-0.3, -0.25) is 5.32 Å². The lowest BCUT2D eigenvalue weighted by Gasteiger charge is -2.34. The molecule has 110 valence electrons. The number of nitriles is 1. The highest BCUT2D eigenvalue weighted by Gasteiger charge is 2.29. The zero-order valence-electron chi connectivity index (χ0n) is 13.4. The van der Waals surface area contributed by atoms with Crippen LogP contribution in [0.1, 0.15) is 59.8 Å². The van der Waals surface area contributed by atoms with E-state index in [9.17, 15) is 5.26 Å². The van der Waals surface area contributed by atoms with Crippen LogP contribution in [-0.4, -0.2) is 36.1 Å². The van der Waals surface area contributed by atoms with Gasteiger partial charge >= 0.3 is 0 Å². The highest BCUT2D eigenvalue weighted by molar-refractivity contribution is 5.06. The highest BCUT2D eigenvalue weighted by Crippen LogP contribution is 2.26. The van der Waals surface area contributed by atoms with Crippen LogP contribution in [0.5, 0.6) is 0 Å². The van der Waals surface area contributed by atoms with E-state index in [-0.39, 0.29) is 0 Å². The molecule has 0 spiro atoms. The smallest absolute Gasteiger partial charge is 0.105 e. The fraction of sp³-hybridized carbons (Fsp3) is 0.938. The van der Waals surface area contributed by atoms with Crippen LogP contribution in [0.3, 0.4) is 0 Å². The van der Waals surface area contributed by atoms with Gasteiger partial charge in [0.25, 0.3) is 0 Å². The summed E-state index contributed by atoms with van der Waals surface area (Å²) in [6.07, 6.45) is 6.45. The molecule has 0 bridgehead atoms. The Morgan fingerprint density at radius 3 is 2.37 bits per heavy atom. The fourth-order valence-electron chi connectivity index (χ4n) is 3.30. The van der Waals surface area contributed by atoms with Gasteiger partial charge in [-0.25, -0.2) is 0 Å². The lowest BCUT2D eigenvalue weighted by molar-refractivity contribution is 0.183. The summed E-state index contributed by atoms with van der Waals surface area (Å²) < 4.78 is 0. The van der Waals surface area contributed by atoms with E-state index in [4.69, 9.17) is 0 Å². The van der Waals surface area contributed by atoms with Crippen LogP contribution in [0.25, 0.3) is 0 Å². The van der Waals surface area contributed by atoms with Gasteiger partial charge in [0, 0.05) is 18.6 Å². The third-order valence-corrected chi connectivity index (χ3v) is 4.33. The molecule has 0 heterocycles. The first-order chi connectivity index (χ1) is 8.86. The van der Waals surface area contributed by atoms with Crippen molar-refractivity contribution in [1.82, 2.24) is 10.2 Å². The third-order valence-electron chi connectivity index (χ3n) is 4.33. The van der Waals surface area contributed by atoms with Gasteiger partial charge in [0.1, 0.15) is 5.54 Å². The summed E-state index contributed by atoms with van der Waals surface area (Å²) in [5.74, 6) is 0.874. The van der Waals surface area contributed by atoms with Gasteiger partial charge in [0.05, 0.1) is 6.07 Å². The van der Waals surface area contributed by atoms with Gasteiger partial charge in [0.2, 0.25) is 0 Å². The molecule has 0 saturated heterocycles. The maximum absolute atomic E-state index is 9.42. The zero-order valence-corrected chi connectivity index (χ0v) is 13.4. The number of rotatable bonds is 7. The van der Waals surface area contributed by atoms with E-state index < -0.39 is 5.54 Å². The van der Waals surface area contributed by atoms with Gasteiger partial charge in [-0.05, 0) is 59.9 Å². The predicted molar refractivity (Wildman–Crippen MR) is 81.0 cm³/mol. The number of hydrogen-bond acceptors (Lipinski definition) is 3. The summed E-state index contributed by atoms with van der Waals surface area (Å²) in [6, 6.07) is 3.24. The molecule has 19 heavy (non-hydrogen) atoms. The summed E-state index contributed by atoms with van der Waals surface area (Å²) in [5.41, 5.74) is -0.419. The Balaban J connectivity index is 2.46. The molecule has 1 rings (SSSR count). The van der Waals surface area contributed by atoms with Gasteiger partial charge in [0.15, 0.2) is 0 Å². The second-order valence-corrected chi connectivity index (χ2v) is 6.89. The van der Waals surface area contributed by atoms with Crippen molar-refractivity contribution in [3.8, 4) is 6.07 Å². The van der Waals surface area contributed by atoms with E-state index in [1.54, 1.807) is 0 Å². The van der Waals surface area contributed by atoms with Crippen molar-refractivity contribution in [2.75, 3.05) is 13.6 Å². The van der Waals surface area contributed by atoms with E-state index in [1.807, 2.05) is 6.92 Å². The maximum Gasteiger partial charge on any atom is 0.105 e. The van der Waals surface area contributed by atoms with Crippen LogP contribution in [0, 0.1) is 17.2 Å². The Morgan fingerprint density at radius 1 is 1.32 bits per heavy atom. The summed E-state index contributed by atoms with van der Waals surface area (Å²) in [4.78, 5) is 2.44. The van der Waals surface area contributed by atoms with E-state index in [2.05, 4.69) is 44.1 Å². The normalized spacial score (nSPS) is 21.6. The van der Waals surface area contributed by atoms with E-state index in [0.29, 0.717) is 12.1 Å². The molecule has 2 atom stereocenters. The quantitative estimate of drug-likeness (QED) is 0.768. The van der Waals surface area contributed by atoms with Gasteiger partial charge in [-0.1, -0.05) is 12.8 Å². The minimum absolute atomic E-state index is 0.344. The molecule has 1 saturated carbocycles. The first-order valence-electron chi connectivity index (χ1n) is 7.75. The number of nitrogens with one attached hydrogen (secondary N) is 1. The van der Waals surface area contributed by atoms with Crippen molar-refractivity contribution >= 4 is 0 Å². The average Bonchev–Trinajstić information content (AvgIpc) is 2.80. The minimum Gasteiger partial charge on any atom is -0.303 e. The van der Waals surface area contributed by atoms with Crippen LogP contribution in [0.2, 0.25) is 0 Å². The molecule has 0 aliphatic heterocycles. The molecule has 2 unspecified atom stereocenters. The average molecular weight is 265 g/mol. The monoisotopic (exact) mass is 265 g/mol. The zero-order chi connectivity index (χ0) is 14.5. The van der Waals surface area contributed by atoms with Crippen LogP contribution < -0.4 is 5.32 Å². The minimum atomic E-state index is -0.419. The molecule has 0 aromatic carbocycles. The molecule has 0 aromatic heterocycles. The Labute approximate surface area is 119 Å². The summed E-state index contributed by atoms with van der Waals surface area (Å²) in [5, 5.41) is 12.8. The summed E-state index contributed by atoms with van der Waals surface area (Å²) in [6.45, 7) is 9.65. The van der Waals surface area contributed by atoms with Crippen molar-refractivity contribution in [3.63, 3.8) is 0 Å². The molecule has 1 aliphatic rings. The lowest BCUT2D eigenvalue weighted by Crippen LogP contribution is -2.49. The van der Waals surface area contributed by atoms with Gasteiger partial charge < -0.3 is 4.90 Å². The molecule has 0 radical (unpaired) electrons. The van der Waals surface area contributed by atoms with Crippen molar-refractivity contribution < 1.29 is 0 Å². The molecular formula is C16H31N3. The molecule has 3 nitrogen and oxygen atoms in total. The fourth-order valence-corrected chi connectivity index (χ4v) is 3.30. The third kappa shape index (κ3) is 5.50. The second-order valence-electron chi connectivity index (χ2n) is 6.89. The molecule has 0 aromatic rings. The van der Waals surface area contributed by atoms with Crippen LogP contribution >= 0.6 is 0 Å². The molecule has 1 N–H and O–H groups in total. The number of hydrogen-bond donors (Lipinski definition) is 1. The number of nitrogens with zero attached hydrogens (tertiary/aromatic N) is 2. The van der Waals surface area contributed by atoms with Gasteiger partial charge in [-0.2, -0.15) is 5.26 Å². The molecule has 1 aliphatic carbocycles. The first kappa shape index (κ1) is 16.5. The van der Waals surface area contributed by atoms with Crippen molar-refractivity contribution in [2.24, 2.45) is 5.92 Å². The molecule has 0 amide bonds.